The molecule has 6 nitrogen and oxygen atoms in total. The Kier molecular flexibility index (Phi) is 4.61. The number of aliphatic carboxylic acids is 1. The molecule has 0 heterocycles. The minimum absolute atomic E-state index is 0.212. The van der Waals surface area contributed by atoms with Crippen molar-refractivity contribution in [3.05, 3.63) is 29.6 Å². The van der Waals surface area contributed by atoms with Crippen LogP contribution in [0.4, 0.5) is 4.39 Å². The molecule has 1 atom stereocenters. The molecule has 0 aliphatic heterocycles. The fourth-order valence-corrected chi connectivity index (χ4v) is 1.35. The summed E-state index contributed by atoms with van der Waals surface area (Å²) in [6.45, 7) is -0.444. The van der Waals surface area contributed by atoms with Gasteiger partial charge in [-0.3, -0.25) is 4.79 Å². The molecule has 98 valence electrons. The van der Waals surface area contributed by atoms with Gasteiger partial charge < -0.3 is 20.6 Å². The molecule has 4 N–H and O–H groups in total. The van der Waals surface area contributed by atoms with Gasteiger partial charge in [-0.25, -0.2) is 9.18 Å². The van der Waals surface area contributed by atoms with Gasteiger partial charge in [0, 0.05) is 13.0 Å². The number of aliphatic hydroxyl groups excluding tert-OH is 1. The molecule has 18 heavy (non-hydrogen) atoms. The number of aliphatic hydroxyl groups is 1. The lowest BCUT2D eigenvalue weighted by molar-refractivity contribution is -0.139. The zero-order valence-electron chi connectivity index (χ0n) is 9.26. The highest BCUT2D eigenvalue weighted by Gasteiger charge is 2.23. The van der Waals surface area contributed by atoms with E-state index in [1.165, 1.54) is 6.07 Å². The minimum Gasteiger partial charge on any atom is -0.507 e. The highest BCUT2D eigenvalue weighted by atomic mass is 19.1. The second kappa shape index (κ2) is 5.97. The Morgan fingerprint density at radius 1 is 1.39 bits per heavy atom. The zero-order chi connectivity index (χ0) is 13.7. The number of nitrogens with one attached hydrogen (secondary N) is 1. The molecule has 0 aliphatic carbocycles. The van der Waals surface area contributed by atoms with Crippen LogP contribution in [-0.2, 0) is 4.79 Å². The fourth-order valence-electron chi connectivity index (χ4n) is 1.35. The first-order valence-corrected chi connectivity index (χ1v) is 5.09. The Labute approximate surface area is 102 Å². The van der Waals surface area contributed by atoms with Gasteiger partial charge in [0.2, 0.25) is 0 Å². The molecule has 0 fully saturated rings. The highest BCUT2D eigenvalue weighted by molar-refractivity contribution is 5.99. The molecule has 1 aromatic rings. The molecule has 0 aromatic heterocycles. The van der Waals surface area contributed by atoms with Crippen LogP contribution in [0.3, 0.4) is 0 Å². The van der Waals surface area contributed by atoms with Gasteiger partial charge >= 0.3 is 5.97 Å². The minimum atomic E-state index is -1.35. The molecule has 1 rings (SSSR count). The van der Waals surface area contributed by atoms with Gasteiger partial charge in [0.15, 0.2) is 0 Å². The second-order valence-corrected chi connectivity index (χ2v) is 3.51. The number of phenolic OH excluding ortho intramolecular Hbond substituents is 1. The molecule has 0 spiro atoms. The normalized spacial score (nSPS) is 11.9. The van der Waals surface area contributed by atoms with E-state index in [-0.39, 0.29) is 6.42 Å². The van der Waals surface area contributed by atoms with Crippen LogP contribution in [0.1, 0.15) is 16.8 Å². The standard InChI is InChI=1S/C11H12FNO5/c12-6-2-1-3-8(15)9(6)10(16)13-7(4-5-14)11(17)18/h1-3,7,14-15H,4-5H2,(H,13,16)(H,17,18). The first-order valence-electron chi connectivity index (χ1n) is 5.09. The van der Waals surface area contributed by atoms with Crippen LogP contribution >= 0.6 is 0 Å². The van der Waals surface area contributed by atoms with Crippen molar-refractivity contribution < 1.29 is 29.3 Å². The summed E-state index contributed by atoms with van der Waals surface area (Å²) in [5, 5.41) is 28.8. The van der Waals surface area contributed by atoms with E-state index in [0.29, 0.717) is 0 Å². The molecule has 1 aromatic carbocycles. The van der Waals surface area contributed by atoms with Crippen LogP contribution in [-0.4, -0.2) is 39.8 Å². The van der Waals surface area contributed by atoms with Crippen molar-refractivity contribution in [2.75, 3.05) is 6.61 Å². The predicted octanol–water partition coefficient (Wildman–Crippen LogP) is 0.0967. The molecule has 0 aliphatic rings. The first kappa shape index (κ1) is 13.9. The van der Waals surface area contributed by atoms with Crippen molar-refractivity contribution in [1.29, 1.82) is 0 Å². The Morgan fingerprint density at radius 3 is 2.56 bits per heavy atom. The Bertz CT molecular complexity index is 442. The number of carboxylic acid groups (broad SMARTS) is 1. The number of carbonyl (C=O) groups excluding carboxylic acids is 1. The summed E-state index contributed by atoms with van der Waals surface area (Å²) in [6.07, 6.45) is -0.212. The summed E-state index contributed by atoms with van der Waals surface area (Å²) in [5.41, 5.74) is -0.623. The van der Waals surface area contributed by atoms with Gasteiger partial charge in [-0.05, 0) is 12.1 Å². The molecule has 7 heteroatoms. The van der Waals surface area contributed by atoms with E-state index in [1.807, 2.05) is 5.32 Å². The van der Waals surface area contributed by atoms with Crippen LogP contribution < -0.4 is 5.32 Å². The van der Waals surface area contributed by atoms with E-state index in [0.717, 1.165) is 12.1 Å². The third-order valence-electron chi connectivity index (χ3n) is 2.24. The smallest absolute Gasteiger partial charge is 0.326 e. The lowest BCUT2D eigenvalue weighted by atomic mass is 10.1. The van der Waals surface area contributed by atoms with Crippen LogP contribution in [0.15, 0.2) is 18.2 Å². The molecule has 0 saturated carbocycles. The number of carbonyl (C=O) groups is 2. The molecule has 0 bridgehead atoms. The first-order chi connectivity index (χ1) is 8.47. The maximum absolute atomic E-state index is 13.3. The average Bonchev–Trinajstić information content (AvgIpc) is 2.28. The molecule has 1 amide bonds. The summed E-state index contributed by atoms with van der Waals surface area (Å²) in [4.78, 5) is 22.4. The van der Waals surface area contributed by atoms with Gasteiger partial charge in [-0.2, -0.15) is 0 Å². The van der Waals surface area contributed by atoms with E-state index in [1.54, 1.807) is 0 Å². The van der Waals surface area contributed by atoms with Gasteiger partial charge in [-0.1, -0.05) is 6.07 Å². The zero-order valence-corrected chi connectivity index (χ0v) is 9.26. The molecule has 0 saturated heterocycles. The number of hydrogen-bond donors (Lipinski definition) is 4. The van der Waals surface area contributed by atoms with Crippen LogP contribution in [0.25, 0.3) is 0 Å². The fraction of sp³-hybridized carbons (Fsp3) is 0.273. The molecule has 1 unspecified atom stereocenters. The Morgan fingerprint density at radius 2 is 2.06 bits per heavy atom. The van der Waals surface area contributed by atoms with Crippen LogP contribution in [0.5, 0.6) is 5.75 Å². The third kappa shape index (κ3) is 3.17. The quantitative estimate of drug-likeness (QED) is 0.598. The van der Waals surface area contributed by atoms with E-state index in [2.05, 4.69) is 0 Å². The number of hydrogen-bond acceptors (Lipinski definition) is 4. The number of halogens is 1. The molecular weight excluding hydrogens is 245 g/mol. The third-order valence-corrected chi connectivity index (χ3v) is 2.24. The van der Waals surface area contributed by atoms with E-state index >= 15 is 0 Å². The maximum Gasteiger partial charge on any atom is 0.326 e. The number of phenols is 1. The predicted molar refractivity (Wildman–Crippen MR) is 58.7 cm³/mol. The van der Waals surface area contributed by atoms with Crippen molar-refractivity contribution in [2.24, 2.45) is 0 Å². The Balaban J connectivity index is 2.90. The SMILES string of the molecule is O=C(NC(CCO)C(=O)O)c1c(O)cccc1F. The number of aromatic hydroxyl groups is 1. The lowest BCUT2D eigenvalue weighted by Crippen LogP contribution is -2.41. The van der Waals surface area contributed by atoms with Gasteiger partial charge in [0.25, 0.3) is 5.91 Å². The maximum atomic E-state index is 13.3. The van der Waals surface area contributed by atoms with Crippen molar-refractivity contribution in [2.45, 2.75) is 12.5 Å². The van der Waals surface area contributed by atoms with E-state index in [9.17, 15) is 19.1 Å². The Hall–Kier alpha value is -2.15. The largest absolute Gasteiger partial charge is 0.507 e. The van der Waals surface area contributed by atoms with Crippen molar-refractivity contribution in [3.8, 4) is 5.75 Å². The molecule has 0 radical (unpaired) electrons. The van der Waals surface area contributed by atoms with Gasteiger partial charge in [0.1, 0.15) is 23.2 Å². The number of rotatable bonds is 5. The van der Waals surface area contributed by atoms with Gasteiger partial charge in [0.05, 0.1) is 0 Å². The number of amides is 1. The number of benzene rings is 1. The van der Waals surface area contributed by atoms with Crippen molar-refractivity contribution in [3.63, 3.8) is 0 Å². The van der Waals surface area contributed by atoms with Crippen molar-refractivity contribution in [1.82, 2.24) is 5.32 Å². The number of carboxylic acids is 1. The van der Waals surface area contributed by atoms with Crippen LogP contribution in [0, 0.1) is 5.82 Å². The summed E-state index contributed by atoms with van der Waals surface area (Å²) in [5.74, 6) is -3.94. The monoisotopic (exact) mass is 257 g/mol. The average molecular weight is 257 g/mol. The van der Waals surface area contributed by atoms with E-state index in [4.69, 9.17) is 10.2 Å². The summed E-state index contributed by atoms with van der Waals surface area (Å²) in [6, 6.07) is 1.95. The summed E-state index contributed by atoms with van der Waals surface area (Å²) < 4.78 is 13.3. The van der Waals surface area contributed by atoms with Gasteiger partial charge in [-0.15, -0.1) is 0 Å². The summed E-state index contributed by atoms with van der Waals surface area (Å²) >= 11 is 0. The van der Waals surface area contributed by atoms with Crippen molar-refractivity contribution >= 4 is 11.9 Å². The lowest BCUT2D eigenvalue weighted by Gasteiger charge is -2.14. The molecular formula is C11H12FNO5. The van der Waals surface area contributed by atoms with E-state index < -0.39 is 41.7 Å². The van der Waals surface area contributed by atoms with Crippen LogP contribution in [0.2, 0.25) is 0 Å². The topological polar surface area (TPSA) is 107 Å². The summed E-state index contributed by atoms with van der Waals surface area (Å²) in [7, 11) is 0. The highest BCUT2D eigenvalue weighted by Crippen LogP contribution is 2.19. The second-order valence-electron chi connectivity index (χ2n) is 3.51.